The molecule has 2 heteroatoms. The highest BCUT2D eigenvalue weighted by atomic mass is 14.8. The fourth-order valence-corrected chi connectivity index (χ4v) is 1.98. The molecule has 1 heterocycles. The predicted molar refractivity (Wildman–Crippen MR) is 77.5 cm³/mol. The Kier molecular flexibility index (Phi) is 3.66. The Morgan fingerprint density at radius 1 is 1.17 bits per heavy atom. The van der Waals surface area contributed by atoms with Crippen molar-refractivity contribution < 1.29 is 0 Å². The zero-order chi connectivity index (χ0) is 13.1. The Balaban J connectivity index is 2.31. The van der Waals surface area contributed by atoms with Gasteiger partial charge in [-0.1, -0.05) is 38.1 Å². The van der Waals surface area contributed by atoms with Crippen LogP contribution in [0.3, 0.4) is 0 Å². The predicted octanol–water partition coefficient (Wildman–Crippen LogP) is 4.15. The number of pyridine rings is 1. The number of aromatic nitrogens is 1. The quantitative estimate of drug-likeness (QED) is 0.875. The van der Waals surface area contributed by atoms with Gasteiger partial charge in [0.2, 0.25) is 0 Å². The van der Waals surface area contributed by atoms with E-state index in [-0.39, 0.29) is 0 Å². The molecule has 2 rings (SSSR count). The van der Waals surface area contributed by atoms with Gasteiger partial charge in [0.25, 0.3) is 0 Å². The standard InChI is InChI=1S/C16H20N2/c1-4-11(2)13-5-7-14(8-6-13)15-9-12(3)16(17)18-10-15/h5-11H,4H2,1-3H3,(H2,17,18). The highest BCUT2D eigenvalue weighted by molar-refractivity contribution is 5.65. The minimum Gasteiger partial charge on any atom is -0.383 e. The van der Waals surface area contributed by atoms with Gasteiger partial charge in [-0.05, 0) is 42.0 Å². The number of benzene rings is 1. The first-order valence-corrected chi connectivity index (χ1v) is 6.44. The monoisotopic (exact) mass is 240 g/mol. The second-order valence-corrected chi connectivity index (χ2v) is 4.86. The van der Waals surface area contributed by atoms with Crippen LogP contribution in [0.4, 0.5) is 5.82 Å². The zero-order valence-corrected chi connectivity index (χ0v) is 11.3. The molecule has 0 aliphatic carbocycles. The molecule has 2 aromatic rings. The third kappa shape index (κ3) is 2.53. The van der Waals surface area contributed by atoms with Crippen molar-refractivity contribution in [3.8, 4) is 11.1 Å². The SMILES string of the molecule is CCC(C)c1ccc(-c2cnc(N)c(C)c2)cc1. The van der Waals surface area contributed by atoms with Crippen molar-refractivity contribution in [2.75, 3.05) is 5.73 Å². The van der Waals surface area contributed by atoms with Crippen LogP contribution < -0.4 is 5.73 Å². The molecule has 0 spiro atoms. The number of rotatable bonds is 3. The number of hydrogen-bond acceptors (Lipinski definition) is 2. The van der Waals surface area contributed by atoms with E-state index in [1.165, 1.54) is 17.5 Å². The topological polar surface area (TPSA) is 38.9 Å². The maximum Gasteiger partial charge on any atom is 0.126 e. The average molecular weight is 240 g/mol. The maximum atomic E-state index is 5.74. The average Bonchev–Trinajstić information content (AvgIpc) is 2.41. The minimum atomic E-state index is 0.606. The molecule has 0 radical (unpaired) electrons. The largest absolute Gasteiger partial charge is 0.383 e. The Hall–Kier alpha value is -1.83. The fraction of sp³-hybridized carbons (Fsp3) is 0.312. The van der Waals surface area contributed by atoms with Crippen LogP contribution in [0.5, 0.6) is 0 Å². The van der Waals surface area contributed by atoms with E-state index in [1.54, 1.807) is 0 Å². The normalized spacial score (nSPS) is 12.4. The number of nitrogens with two attached hydrogens (primary N) is 1. The van der Waals surface area contributed by atoms with Gasteiger partial charge in [-0.25, -0.2) is 4.98 Å². The smallest absolute Gasteiger partial charge is 0.126 e. The van der Waals surface area contributed by atoms with E-state index in [0.717, 1.165) is 11.1 Å². The van der Waals surface area contributed by atoms with Crippen molar-refractivity contribution in [2.45, 2.75) is 33.1 Å². The highest BCUT2D eigenvalue weighted by Gasteiger charge is 2.04. The van der Waals surface area contributed by atoms with E-state index in [1.807, 2.05) is 13.1 Å². The van der Waals surface area contributed by atoms with Crippen LogP contribution in [-0.4, -0.2) is 4.98 Å². The van der Waals surface area contributed by atoms with Crippen LogP contribution in [0.2, 0.25) is 0 Å². The fourth-order valence-electron chi connectivity index (χ4n) is 1.98. The van der Waals surface area contributed by atoms with Gasteiger partial charge in [0.1, 0.15) is 5.82 Å². The van der Waals surface area contributed by atoms with Crippen molar-refractivity contribution >= 4 is 5.82 Å². The lowest BCUT2D eigenvalue weighted by Gasteiger charge is -2.10. The summed E-state index contributed by atoms with van der Waals surface area (Å²) in [5, 5.41) is 0. The number of anilines is 1. The summed E-state index contributed by atoms with van der Waals surface area (Å²) in [5.41, 5.74) is 10.5. The highest BCUT2D eigenvalue weighted by Crippen LogP contribution is 2.25. The molecule has 0 saturated heterocycles. The van der Waals surface area contributed by atoms with Gasteiger partial charge in [-0.2, -0.15) is 0 Å². The Bertz CT molecular complexity index is 529. The summed E-state index contributed by atoms with van der Waals surface area (Å²) in [6.45, 7) is 6.45. The lowest BCUT2D eigenvalue weighted by molar-refractivity contribution is 0.734. The third-order valence-electron chi connectivity index (χ3n) is 3.54. The molecule has 0 amide bonds. The number of hydrogen-bond donors (Lipinski definition) is 1. The first kappa shape index (κ1) is 12.6. The van der Waals surface area contributed by atoms with Crippen molar-refractivity contribution in [1.82, 2.24) is 4.98 Å². The maximum absolute atomic E-state index is 5.74. The van der Waals surface area contributed by atoms with Crippen LogP contribution in [0, 0.1) is 6.92 Å². The van der Waals surface area contributed by atoms with Gasteiger partial charge in [0.05, 0.1) is 0 Å². The lowest BCUT2D eigenvalue weighted by atomic mass is 9.96. The van der Waals surface area contributed by atoms with Crippen molar-refractivity contribution in [3.05, 3.63) is 47.7 Å². The van der Waals surface area contributed by atoms with E-state index in [9.17, 15) is 0 Å². The molecule has 2 N–H and O–H groups in total. The molecule has 1 aromatic heterocycles. The van der Waals surface area contributed by atoms with Crippen LogP contribution in [0.15, 0.2) is 36.5 Å². The van der Waals surface area contributed by atoms with E-state index < -0.39 is 0 Å². The molecule has 18 heavy (non-hydrogen) atoms. The van der Waals surface area contributed by atoms with Gasteiger partial charge < -0.3 is 5.73 Å². The Morgan fingerprint density at radius 2 is 1.83 bits per heavy atom. The van der Waals surface area contributed by atoms with Gasteiger partial charge in [-0.15, -0.1) is 0 Å². The molecule has 94 valence electrons. The summed E-state index contributed by atoms with van der Waals surface area (Å²) in [6, 6.07) is 10.8. The van der Waals surface area contributed by atoms with Crippen molar-refractivity contribution in [2.24, 2.45) is 0 Å². The second-order valence-electron chi connectivity index (χ2n) is 4.86. The van der Waals surface area contributed by atoms with Gasteiger partial charge in [-0.3, -0.25) is 0 Å². The number of nitrogens with zero attached hydrogens (tertiary/aromatic N) is 1. The first-order chi connectivity index (χ1) is 8.61. The Morgan fingerprint density at radius 3 is 2.39 bits per heavy atom. The summed E-state index contributed by atoms with van der Waals surface area (Å²) in [5.74, 6) is 1.22. The van der Waals surface area contributed by atoms with Crippen LogP contribution >= 0.6 is 0 Å². The number of aryl methyl sites for hydroxylation is 1. The van der Waals surface area contributed by atoms with E-state index in [0.29, 0.717) is 11.7 Å². The van der Waals surface area contributed by atoms with E-state index in [2.05, 4.69) is 49.2 Å². The molecular weight excluding hydrogens is 220 g/mol. The lowest BCUT2D eigenvalue weighted by Crippen LogP contribution is -1.94. The zero-order valence-electron chi connectivity index (χ0n) is 11.3. The molecule has 0 bridgehead atoms. The summed E-state index contributed by atoms with van der Waals surface area (Å²) < 4.78 is 0. The first-order valence-electron chi connectivity index (χ1n) is 6.44. The van der Waals surface area contributed by atoms with E-state index in [4.69, 9.17) is 5.73 Å². The molecule has 1 aromatic carbocycles. The molecule has 0 aliphatic heterocycles. The van der Waals surface area contributed by atoms with Crippen molar-refractivity contribution in [1.29, 1.82) is 0 Å². The second kappa shape index (κ2) is 5.21. The summed E-state index contributed by atoms with van der Waals surface area (Å²) in [7, 11) is 0. The Labute approximate surface area is 109 Å². The molecule has 1 unspecified atom stereocenters. The molecule has 0 saturated carbocycles. The summed E-state index contributed by atoms with van der Waals surface area (Å²) in [6.07, 6.45) is 3.00. The summed E-state index contributed by atoms with van der Waals surface area (Å²) >= 11 is 0. The van der Waals surface area contributed by atoms with E-state index >= 15 is 0 Å². The number of nitrogen functional groups attached to an aromatic ring is 1. The minimum absolute atomic E-state index is 0.606. The van der Waals surface area contributed by atoms with Gasteiger partial charge >= 0.3 is 0 Å². The third-order valence-corrected chi connectivity index (χ3v) is 3.54. The molecule has 0 fully saturated rings. The molecule has 2 nitrogen and oxygen atoms in total. The van der Waals surface area contributed by atoms with Crippen molar-refractivity contribution in [3.63, 3.8) is 0 Å². The molecular formula is C16H20N2. The van der Waals surface area contributed by atoms with Crippen LogP contribution in [0.25, 0.3) is 11.1 Å². The molecule has 0 aliphatic rings. The van der Waals surface area contributed by atoms with Gasteiger partial charge in [0.15, 0.2) is 0 Å². The van der Waals surface area contributed by atoms with Gasteiger partial charge in [0, 0.05) is 11.8 Å². The molecule has 1 atom stereocenters. The van der Waals surface area contributed by atoms with Crippen LogP contribution in [0.1, 0.15) is 37.3 Å². The van der Waals surface area contributed by atoms with Crippen LogP contribution in [-0.2, 0) is 0 Å². The summed E-state index contributed by atoms with van der Waals surface area (Å²) in [4.78, 5) is 4.21.